The molecular weight excluding hydrogens is 640 g/mol. The maximum Gasteiger partial charge on any atom is 0.416 e. The molecule has 0 bridgehead atoms. The van der Waals surface area contributed by atoms with Crippen LogP contribution in [0.4, 0.5) is 32.0 Å². The fourth-order valence-corrected chi connectivity index (χ4v) is 6.82. The first-order chi connectivity index (χ1) is 22.6. The standard InChI is InChI=1S/C36H33F6NO5/c1-2-20-15-27-32(34(48)43(33(27)47)26-17-24(35(37,38)39)16-25(18-26)36(40,41)42)28(19-44)31(20)30(46)13-12-22(21-8-4-3-5-9-21)14-23-10-6-7-11-29(23)45/h3-11,14,16-18,27-28,30,32,44-46H,2,12-13,15,19H2,1H3/b22-14-/t27-,28+,30-,32-/m1/s1. The van der Waals surface area contributed by atoms with E-state index in [-0.39, 0.29) is 31.1 Å². The third-order valence-electron chi connectivity index (χ3n) is 9.10. The minimum atomic E-state index is -5.19. The molecule has 1 saturated heterocycles. The van der Waals surface area contributed by atoms with Crippen LogP contribution >= 0.6 is 0 Å². The zero-order valence-corrected chi connectivity index (χ0v) is 25.7. The Morgan fingerprint density at radius 3 is 2.08 bits per heavy atom. The van der Waals surface area contributed by atoms with Gasteiger partial charge in [-0.3, -0.25) is 9.59 Å². The highest BCUT2D eigenvalue weighted by Gasteiger charge is 2.55. The van der Waals surface area contributed by atoms with E-state index in [1.165, 1.54) is 0 Å². The Balaban J connectivity index is 1.47. The van der Waals surface area contributed by atoms with Gasteiger partial charge in [0, 0.05) is 11.5 Å². The molecule has 3 aromatic carbocycles. The minimum Gasteiger partial charge on any atom is -0.507 e. The van der Waals surface area contributed by atoms with Crippen molar-refractivity contribution in [2.75, 3.05) is 11.5 Å². The number of alkyl halides is 6. The number of hydrogen-bond acceptors (Lipinski definition) is 5. The number of aromatic hydroxyl groups is 1. The maximum absolute atomic E-state index is 13.8. The normalized spacial score (nSPS) is 21.1. The molecule has 0 radical (unpaired) electrons. The van der Waals surface area contributed by atoms with E-state index >= 15 is 0 Å². The number of para-hydroxylation sites is 1. The molecule has 6 nitrogen and oxygen atoms in total. The van der Waals surface area contributed by atoms with Crippen LogP contribution in [0.25, 0.3) is 11.6 Å². The van der Waals surface area contributed by atoms with Gasteiger partial charge in [-0.05, 0) is 72.7 Å². The summed E-state index contributed by atoms with van der Waals surface area (Å²) in [6, 6.07) is 16.5. The second-order valence-corrected chi connectivity index (χ2v) is 12.0. The molecule has 0 aromatic heterocycles. The van der Waals surface area contributed by atoms with Crippen LogP contribution in [0.2, 0.25) is 0 Å². The fourth-order valence-electron chi connectivity index (χ4n) is 6.82. The largest absolute Gasteiger partial charge is 0.507 e. The number of rotatable bonds is 9. The van der Waals surface area contributed by atoms with Crippen molar-refractivity contribution in [1.29, 1.82) is 0 Å². The maximum atomic E-state index is 13.8. The smallest absolute Gasteiger partial charge is 0.416 e. The summed E-state index contributed by atoms with van der Waals surface area (Å²) >= 11 is 0. The molecule has 48 heavy (non-hydrogen) atoms. The lowest BCUT2D eigenvalue weighted by Gasteiger charge is -2.36. The number of carbonyl (C=O) groups is 2. The Morgan fingerprint density at radius 1 is 0.917 bits per heavy atom. The number of nitrogens with zero attached hydrogens (tertiary/aromatic N) is 1. The number of amides is 2. The number of imide groups is 1. The predicted octanol–water partition coefficient (Wildman–Crippen LogP) is 7.64. The molecular formula is C36H33F6NO5. The first kappa shape index (κ1) is 34.9. The van der Waals surface area contributed by atoms with Crippen LogP contribution < -0.4 is 4.90 Å². The monoisotopic (exact) mass is 673 g/mol. The van der Waals surface area contributed by atoms with Crippen LogP contribution in [-0.4, -0.2) is 39.8 Å². The minimum absolute atomic E-state index is 0.0539. The molecule has 0 saturated carbocycles. The van der Waals surface area contributed by atoms with E-state index in [1.807, 2.05) is 30.3 Å². The van der Waals surface area contributed by atoms with Gasteiger partial charge in [-0.1, -0.05) is 61.0 Å². The second kappa shape index (κ2) is 13.6. The van der Waals surface area contributed by atoms with E-state index in [4.69, 9.17) is 0 Å². The summed E-state index contributed by atoms with van der Waals surface area (Å²) in [5, 5.41) is 32.5. The fraction of sp³-hybridized carbons (Fsp3) is 0.333. The van der Waals surface area contributed by atoms with Crippen molar-refractivity contribution >= 4 is 29.2 Å². The van der Waals surface area contributed by atoms with Gasteiger partial charge in [-0.25, -0.2) is 4.90 Å². The number of halogens is 6. The van der Waals surface area contributed by atoms with Gasteiger partial charge in [-0.15, -0.1) is 0 Å². The highest BCUT2D eigenvalue weighted by atomic mass is 19.4. The van der Waals surface area contributed by atoms with Gasteiger partial charge in [0.15, 0.2) is 0 Å². The summed E-state index contributed by atoms with van der Waals surface area (Å²) in [6.45, 7) is 1.06. The van der Waals surface area contributed by atoms with Crippen molar-refractivity contribution in [3.05, 3.63) is 106 Å². The van der Waals surface area contributed by atoms with E-state index in [0.717, 1.165) is 11.1 Å². The number of aliphatic hydroxyl groups excluding tert-OH is 2. The summed E-state index contributed by atoms with van der Waals surface area (Å²) in [4.78, 5) is 27.7. The molecule has 1 heterocycles. The topological polar surface area (TPSA) is 98.1 Å². The Morgan fingerprint density at radius 2 is 1.52 bits per heavy atom. The van der Waals surface area contributed by atoms with E-state index in [2.05, 4.69) is 0 Å². The molecule has 254 valence electrons. The number of phenolic OH excluding ortho intramolecular Hbond substituents is 1. The Kier molecular flexibility index (Phi) is 9.89. The highest BCUT2D eigenvalue weighted by Crippen LogP contribution is 2.49. The zero-order chi connectivity index (χ0) is 35.0. The van der Waals surface area contributed by atoms with Crippen LogP contribution in [0.15, 0.2) is 83.9 Å². The molecule has 0 unspecified atom stereocenters. The van der Waals surface area contributed by atoms with Gasteiger partial charge >= 0.3 is 12.4 Å². The number of aliphatic hydroxyl groups is 2. The zero-order valence-electron chi connectivity index (χ0n) is 25.7. The summed E-state index contributed by atoms with van der Waals surface area (Å²) < 4.78 is 81.6. The molecule has 12 heteroatoms. The van der Waals surface area contributed by atoms with Gasteiger partial charge in [0.25, 0.3) is 0 Å². The van der Waals surface area contributed by atoms with Crippen LogP contribution in [0.3, 0.4) is 0 Å². The molecule has 3 N–H and O–H groups in total. The molecule has 2 aliphatic rings. The number of carbonyl (C=O) groups excluding carboxylic acids is 2. The number of phenols is 1. The summed E-state index contributed by atoms with van der Waals surface area (Å²) in [6.07, 6.45) is -9.16. The van der Waals surface area contributed by atoms with Gasteiger partial charge in [0.05, 0.1) is 41.4 Å². The average Bonchev–Trinajstić information content (AvgIpc) is 3.30. The predicted molar refractivity (Wildman–Crippen MR) is 166 cm³/mol. The summed E-state index contributed by atoms with van der Waals surface area (Å²) in [7, 11) is 0. The van der Waals surface area contributed by atoms with Crippen molar-refractivity contribution in [3.8, 4) is 5.75 Å². The Labute approximate surface area is 272 Å². The molecule has 4 atom stereocenters. The average molecular weight is 674 g/mol. The third-order valence-corrected chi connectivity index (χ3v) is 9.10. The first-order valence-corrected chi connectivity index (χ1v) is 15.4. The molecule has 0 spiro atoms. The molecule has 5 rings (SSSR count). The summed E-state index contributed by atoms with van der Waals surface area (Å²) in [5.41, 5.74) is -1.14. The highest BCUT2D eigenvalue weighted by molar-refractivity contribution is 6.22. The molecule has 1 fully saturated rings. The van der Waals surface area contributed by atoms with Gasteiger partial charge in [0.1, 0.15) is 5.75 Å². The number of hydrogen-bond donors (Lipinski definition) is 3. The van der Waals surface area contributed by atoms with Crippen molar-refractivity contribution in [2.45, 2.75) is 51.1 Å². The van der Waals surface area contributed by atoms with Gasteiger partial charge < -0.3 is 15.3 Å². The number of anilines is 1. The third kappa shape index (κ3) is 6.91. The van der Waals surface area contributed by atoms with E-state index in [1.54, 1.807) is 37.3 Å². The van der Waals surface area contributed by atoms with E-state index in [0.29, 0.717) is 40.2 Å². The summed E-state index contributed by atoms with van der Waals surface area (Å²) in [5.74, 6) is -5.52. The van der Waals surface area contributed by atoms with Crippen molar-refractivity contribution in [3.63, 3.8) is 0 Å². The Bertz CT molecular complexity index is 1720. The lowest BCUT2D eigenvalue weighted by atomic mass is 9.67. The second-order valence-electron chi connectivity index (χ2n) is 12.0. The molecule has 1 aliphatic carbocycles. The molecule has 3 aromatic rings. The lowest BCUT2D eigenvalue weighted by Crippen LogP contribution is -2.39. The van der Waals surface area contributed by atoms with E-state index < -0.39 is 71.4 Å². The number of benzene rings is 3. The number of fused-ring (bicyclic) bond motifs is 1. The van der Waals surface area contributed by atoms with Crippen LogP contribution in [-0.2, 0) is 21.9 Å². The van der Waals surface area contributed by atoms with Crippen molar-refractivity contribution in [1.82, 2.24) is 0 Å². The molecule has 1 aliphatic heterocycles. The Hall–Kier alpha value is -4.42. The number of allylic oxidation sites excluding steroid dienone is 2. The first-order valence-electron chi connectivity index (χ1n) is 15.4. The SMILES string of the molecule is CCC1=C([C@H](O)CC/C(=C/c2ccccc2O)c2ccccc2)[C@H](CO)[C@@H]2C(=O)N(c3cc(C(F)(F)F)cc(C(F)(F)F)c3)C(=O)[C@@H]2C1. The van der Waals surface area contributed by atoms with Gasteiger partial charge in [0.2, 0.25) is 11.8 Å². The van der Waals surface area contributed by atoms with Crippen LogP contribution in [0.1, 0.15) is 54.9 Å². The van der Waals surface area contributed by atoms with Crippen LogP contribution in [0, 0.1) is 17.8 Å². The lowest BCUT2D eigenvalue weighted by molar-refractivity contribution is -0.143. The molecule has 2 amide bonds. The quantitative estimate of drug-likeness (QED) is 0.0940. The van der Waals surface area contributed by atoms with E-state index in [9.17, 15) is 51.3 Å². The van der Waals surface area contributed by atoms with Crippen LogP contribution in [0.5, 0.6) is 5.75 Å². The van der Waals surface area contributed by atoms with Crippen molar-refractivity contribution < 1.29 is 51.3 Å². The van der Waals surface area contributed by atoms with Crippen molar-refractivity contribution in [2.24, 2.45) is 17.8 Å². The van der Waals surface area contributed by atoms with Gasteiger partial charge in [-0.2, -0.15) is 26.3 Å².